The van der Waals surface area contributed by atoms with Crippen LogP contribution in [-0.2, 0) is 13.1 Å². The molecule has 1 aromatic rings. The van der Waals surface area contributed by atoms with Crippen molar-refractivity contribution in [2.24, 2.45) is 11.7 Å². The van der Waals surface area contributed by atoms with Crippen molar-refractivity contribution in [1.29, 1.82) is 0 Å². The van der Waals surface area contributed by atoms with E-state index in [4.69, 9.17) is 5.73 Å². The van der Waals surface area contributed by atoms with Crippen LogP contribution in [0.5, 0.6) is 0 Å². The molecule has 2 atom stereocenters. The first-order valence-electron chi connectivity index (χ1n) is 6.47. The Labute approximate surface area is 107 Å². The molecule has 2 rings (SSSR count). The van der Waals surface area contributed by atoms with Crippen LogP contribution in [0.2, 0.25) is 0 Å². The molecule has 0 spiro atoms. The van der Waals surface area contributed by atoms with E-state index in [1.807, 2.05) is 13.0 Å². The zero-order valence-electron chi connectivity index (χ0n) is 10.8. The molecule has 1 heterocycles. The van der Waals surface area contributed by atoms with Crippen LogP contribution in [0.15, 0.2) is 18.2 Å². The van der Waals surface area contributed by atoms with E-state index >= 15 is 0 Å². The highest BCUT2D eigenvalue weighted by Gasteiger charge is 2.24. The van der Waals surface area contributed by atoms with E-state index in [1.165, 1.54) is 6.07 Å². The summed E-state index contributed by atoms with van der Waals surface area (Å²) in [6, 6.07) is 5.00. The number of nitrogens with zero attached hydrogens (tertiary/aromatic N) is 1. The molecule has 0 amide bonds. The molecule has 1 aliphatic rings. The van der Waals surface area contributed by atoms with E-state index in [0.717, 1.165) is 37.2 Å². The van der Waals surface area contributed by atoms with Crippen LogP contribution >= 0.6 is 0 Å². The summed E-state index contributed by atoms with van der Waals surface area (Å²) in [6.45, 7) is 4.85. The van der Waals surface area contributed by atoms with Crippen LogP contribution in [0.3, 0.4) is 0 Å². The van der Waals surface area contributed by atoms with E-state index in [1.54, 1.807) is 6.07 Å². The largest absolute Gasteiger partial charge is 0.393 e. The summed E-state index contributed by atoms with van der Waals surface area (Å²) in [5.41, 5.74) is 7.33. The Kier molecular flexibility index (Phi) is 4.32. The summed E-state index contributed by atoms with van der Waals surface area (Å²) in [6.07, 6.45) is 0.591. The third-order valence-corrected chi connectivity index (χ3v) is 3.60. The van der Waals surface area contributed by atoms with Gasteiger partial charge in [-0.1, -0.05) is 13.0 Å². The van der Waals surface area contributed by atoms with Gasteiger partial charge in [0.2, 0.25) is 0 Å². The fraction of sp³-hybridized carbons (Fsp3) is 0.571. The quantitative estimate of drug-likeness (QED) is 0.857. The molecule has 0 saturated carbocycles. The van der Waals surface area contributed by atoms with Gasteiger partial charge in [0.05, 0.1) is 6.10 Å². The Morgan fingerprint density at radius 3 is 2.78 bits per heavy atom. The van der Waals surface area contributed by atoms with Crippen molar-refractivity contribution in [3.63, 3.8) is 0 Å². The van der Waals surface area contributed by atoms with Gasteiger partial charge in [0.25, 0.3) is 0 Å². The molecule has 0 bridgehead atoms. The standard InChI is InChI=1S/C14H21FN2O/c1-10-8-17(3-2-14(10)18)9-12-4-11(7-16)5-13(15)6-12/h4-6,10,14,18H,2-3,7-9,16H2,1H3. The molecular formula is C14H21FN2O. The van der Waals surface area contributed by atoms with Crippen molar-refractivity contribution in [3.05, 3.63) is 35.1 Å². The van der Waals surface area contributed by atoms with Gasteiger partial charge in [-0.3, -0.25) is 4.90 Å². The zero-order chi connectivity index (χ0) is 13.1. The number of hydrogen-bond acceptors (Lipinski definition) is 3. The number of piperidine rings is 1. The minimum Gasteiger partial charge on any atom is -0.393 e. The second-order valence-corrected chi connectivity index (χ2v) is 5.24. The fourth-order valence-electron chi connectivity index (χ4n) is 2.55. The lowest BCUT2D eigenvalue weighted by atomic mass is 9.96. The molecule has 1 aromatic carbocycles. The monoisotopic (exact) mass is 252 g/mol. The average molecular weight is 252 g/mol. The summed E-state index contributed by atoms with van der Waals surface area (Å²) >= 11 is 0. The van der Waals surface area contributed by atoms with Crippen LogP contribution in [0.1, 0.15) is 24.5 Å². The number of aliphatic hydroxyl groups is 1. The molecule has 3 nitrogen and oxygen atoms in total. The highest BCUT2D eigenvalue weighted by molar-refractivity contribution is 5.24. The summed E-state index contributed by atoms with van der Waals surface area (Å²) in [7, 11) is 0. The molecule has 1 aliphatic heterocycles. The maximum atomic E-state index is 13.4. The lowest BCUT2D eigenvalue weighted by Crippen LogP contribution is -2.41. The number of hydrogen-bond donors (Lipinski definition) is 2. The lowest BCUT2D eigenvalue weighted by molar-refractivity contribution is 0.0320. The predicted octanol–water partition coefficient (Wildman–Crippen LogP) is 1.49. The van der Waals surface area contributed by atoms with Crippen molar-refractivity contribution in [2.75, 3.05) is 13.1 Å². The Bertz CT molecular complexity index is 411. The second kappa shape index (κ2) is 5.78. The predicted molar refractivity (Wildman–Crippen MR) is 69.4 cm³/mol. The molecule has 100 valence electrons. The number of benzene rings is 1. The molecule has 2 unspecified atom stereocenters. The molecule has 1 saturated heterocycles. The number of aliphatic hydroxyl groups excluding tert-OH is 1. The van der Waals surface area contributed by atoms with Crippen LogP contribution < -0.4 is 5.73 Å². The summed E-state index contributed by atoms with van der Waals surface area (Å²) < 4.78 is 13.4. The molecule has 4 heteroatoms. The van der Waals surface area contributed by atoms with Crippen molar-refractivity contribution in [3.8, 4) is 0 Å². The van der Waals surface area contributed by atoms with Gasteiger partial charge in [-0.25, -0.2) is 4.39 Å². The van der Waals surface area contributed by atoms with Gasteiger partial charge < -0.3 is 10.8 Å². The van der Waals surface area contributed by atoms with Gasteiger partial charge in [0.1, 0.15) is 5.82 Å². The van der Waals surface area contributed by atoms with Crippen LogP contribution in [0.25, 0.3) is 0 Å². The summed E-state index contributed by atoms with van der Waals surface area (Å²) in [5.74, 6) is 0.0549. The highest BCUT2D eigenvalue weighted by Crippen LogP contribution is 2.19. The van der Waals surface area contributed by atoms with Crippen LogP contribution in [-0.4, -0.2) is 29.2 Å². The molecule has 18 heavy (non-hydrogen) atoms. The van der Waals surface area contributed by atoms with Gasteiger partial charge in [0.15, 0.2) is 0 Å². The summed E-state index contributed by atoms with van der Waals surface area (Å²) in [5, 5.41) is 9.68. The normalized spacial score (nSPS) is 25.3. The van der Waals surface area contributed by atoms with Crippen molar-refractivity contribution < 1.29 is 9.50 Å². The van der Waals surface area contributed by atoms with E-state index < -0.39 is 0 Å². The first kappa shape index (κ1) is 13.5. The summed E-state index contributed by atoms with van der Waals surface area (Å²) in [4.78, 5) is 2.26. The topological polar surface area (TPSA) is 49.5 Å². The fourth-order valence-corrected chi connectivity index (χ4v) is 2.55. The Morgan fingerprint density at radius 1 is 1.39 bits per heavy atom. The molecule has 0 aromatic heterocycles. The van der Waals surface area contributed by atoms with Gasteiger partial charge in [-0.15, -0.1) is 0 Å². The molecule has 3 N–H and O–H groups in total. The first-order valence-corrected chi connectivity index (χ1v) is 6.47. The van der Waals surface area contributed by atoms with E-state index in [0.29, 0.717) is 6.54 Å². The molecule has 0 aliphatic carbocycles. The lowest BCUT2D eigenvalue weighted by Gasteiger charge is -2.34. The maximum Gasteiger partial charge on any atom is 0.123 e. The van der Waals surface area contributed by atoms with E-state index in [2.05, 4.69) is 4.90 Å². The van der Waals surface area contributed by atoms with Crippen LogP contribution in [0, 0.1) is 11.7 Å². The SMILES string of the molecule is CC1CN(Cc2cc(F)cc(CN)c2)CCC1O. The number of likely N-dealkylation sites (tertiary alicyclic amines) is 1. The van der Waals surface area contributed by atoms with E-state index in [-0.39, 0.29) is 17.8 Å². The minimum atomic E-state index is -0.224. The second-order valence-electron chi connectivity index (χ2n) is 5.24. The smallest absolute Gasteiger partial charge is 0.123 e. The third-order valence-electron chi connectivity index (χ3n) is 3.60. The van der Waals surface area contributed by atoms with Crippen LogP contribution in [0.4, 0.5) is 4.39 Å². The molecule has 1 fully saturated rings. The number of rotatable bonds is 3. The van der Waals surface area contributed by atoms with Gasteiger partial charge in [-0.05, 0) is 35.6 Å². The first-order chi connectivity index (χ1) is 8.58. The van der Waals surface area contributed by atoms with Gasteiger partial charge >= 0.3 is 0 Å². The zero-order valence-corrected chi connectivity index (χ0v) is 10.8. The van der Waals surface area contributed by atoms with Gasteiger partial charge in [0, 0.05) is 26.2 Å². The van der Waals surface area contributed by atoms with Crippen molar-refractivity contribution in [2.45, 2.75) is 32.5 Å². The maximum absolute atomic E-state index is 13.4. The number of halogens is 1. The van der Waals surface area contributed by atoms with Gasteiger partial charge in [-0.2, -0.15) is 0 Å². The Morgan fingerprint density at radius 2 is 2.11 bits per heavy atom. The molecule has 0 radical (unpaired) electrons. The molecular weight excluding hydrogens is 231 g/mol. The van der Waals surface area contributed by atoms with E-state index in [9.17, 15) is 9.50 Å². The Balaban J connectivity index is 2.03. The highest BCUT2D eigenvalue weighted by atomic mass is 19.1. The average Bonchev–Trinajstić information content (AvgIpc) is 2.33. The third kappa shape index (κ3) is 3.28. The van der Waals surface area contributed by atoms with Crippen molar-refractivity contribution in [1.82, 2.24) is 4.90 Å². The Hall–Kier alpha value is -0.970. The minimum absolute atomic E-state index is 0.201. The van der Waals surface area contributed by atoms with Crippen molar-refractivity contribution >= 4 is 0 Å². The number of nitrogens with two attached hydrogens (primary N) is 1.